The number of ether oxygens (including phenoxy) is 1. The van der Waals surface area contributed by atoms with Crippen LogP contribution in [0.1, 0.15) is 25.5 Å². The Labute approximate surface area is 233 Å². The van der Waals surface area contributed by atoms with Gasteiger partial charge >= 0.3 is 11.5 Å². The van der Waals surface area contributed by atoms with E-state index in [-0.39, 0.29) is 5.69 Å². The first-order valence-corrected chi connectivity index (χ1v) is 13.5. The standard InChI is InChI=1S/C27H25F3N4O6S/c1-26(2)24(36)33(18-7-11-20(12-8-18)41(38,39)27(28,29)30)25(37)34(26)22(23(35)31-3)17-13-14-32-21(15-17)16-5-9-19(40-4)10-6-16/h5-15,22H,1-4H3,(H,31,35). The van der Waals surface area contributed by atoms with Gasteiger partial charge in [0.2, 0.25) is 5.91 Å². The number of pyridine rings is 1. The first kappa shape index (κ1) is 29.5. The predicted molar refractivity (Wildman–Crippen MR) is 142 cm³/mol. The minimum absolute atomic E-state index is 0.166. The van der Waals surface area contributed by atoms with Gasteiger partial charge in [-0.2, -0.15) is 13.2 Å². The van der Waals surface area contributed by atoms with Gasteiger partial charge in [-0.15, -0.1) is 0 Å². The van der Waals surface area contributed by atoms with Crippen LogP contribution in [-0.4, -0.2) is 61.4 Å². The molecule has 4 amide bonds. The highest BCUT2D eigenvalue weighted by Gasteiger charge is 2.56. The number of rotatable bonds is 7. The molecule has 1 saturated heterocycles. The molecule has 1 atom stereocenters. The number of urea groups is 1. The maximum absolute atomic E-state index is 13.8. The van der Waals surface area contributed by atoms with Crippen molar-refractivity contribution in [1.82, 2.24) is 15.2 Å². The van der Waals surface area contributed by atoms with E-state index in [1.165, 1.54) is 40.3 Å². The molecule has 0 aliphatic carbocycles. The topological polar surface area (TPSA) is 126 Å². The van der Waals surface area contributed by atoms with Crippen molar-refractivity contribution in [2.75, 3.05) is 19.1 Å². The predicted octanol–water partition coefficient (Wildman–Crippen LogP) is 4.09. The first-order chi connectivity index (χ1) is 19.1. The van der Waals surface area contributed by atoms with Gasteiger partial charge in [-0.25, -0.2) is 18.1 Å². The van der Waals surface area contributed by atoms with E-state index in [0.717, 1.165) is 17.0 Å². The zero-order valence-electron chi connectivity index (χ0n) is 22.3. The third-order valence-corrected chi connectivity index (χ3v) is 8.18. The second-order valence-electron chi connectivity index (χ2n) is 9.51. The summed E-state index contributed by atoms with van der Waals surface area (Å²) >= 11 is 0. The Morgan fingerprint density at radius 2 is 1.63 bits per heavy atom. The smallest absolute Gasteiger partial charge is 0.497 e. The zero-order chi connectivity index (χ0) is 30.3. The van der Waals surface area contributed by atoms with Crippen molar-refractivity contribution >= 4 is 33.4 Å². The molecule has 2 aromatic carbocycles. The number of amides is 4. The van der Waals surface area contributed by atoms with Crippen molar-refractivity contribution in [1.29, 1.82) is 0 Å². The first-order valence-electron chi connectivity index (χ1n) is 12.1. The summed E-state index contributed by atoms with van der Waals surface area (Å²) in [5.74, 6) is -0.757. The molecule has 2 heterocycles. The number of nitrogens with one attached hydrogen (secondary N) is 1. The van der Waals surface area contributed by atoms with Crippen LogP contribution in [0, 0.1) is 0 Å². The van der Waals surface area contributed by atoms with Crippen molar-refractivity contribution in [3.05, 3.63) is 72.4 Å². The molecule has 0 saturated carbocycles. The van der Waals surface area contributed by atoms with E-state index in [2.05, 4.69) is 10.3 Å². The lowest BCUT2D eigenvalue weighted by atomic mass is 9.96. The summed E-state index contributed by atoms with van der Waals surface area (Å²) in [6.07, 6.45) is 1.46. The Hall–Kier alpha value is -4.46. The lowest BCUT2D eigenvalue weighted by Gasteiger charge is -2.34. The summed E-state index contributed by atoms with van der Waals surface area (Å²) < 4.78 is 67.6. The summed E-state index contributed by atoms with van der Waals surface area (Å²) in [4.78, 5) is 45.5. The number of sulfone groups is 1. The molecule has 1 fully saturated rings. The Balaban J connectivity index is 1.75. The average molecular weight is 591 g/mol. The van der Waals surface area contributed by atoms with E-state index < -0.39 is 49.7 Å². The molecule has 4 rings (SSSR count). The van der Waals surface area contributed by atoms with Gasteiger partial charge < -0.3 is 10.1 Å². The van der Waals surface area contributed by atoms with E-state index in [9.17, 15) is 36.0 Å². The molecule has 1 aliphatic rings. The van der Waals surface area contributed by atoms with Crippen LogP contribution in [-0.2, 0) is 19.4 Å². The number of halogens is 3. The number of alkyl halides is 3. The number of likely N-dealkylation sites (N-methyl/N-ethyl adjacent to an activating group) is 1. The number of methoxy groups -OCH3 is 1. The molecule has 0 spiro atoms. The van der Waals surface area contributed by atoms with Crippen LogP contribution >= 0.6 is 0 Å². The summed E-state index contributed by atoms with van der Waals surface area (Å²) in [6, 6.07) is 11.1. The van der Waals surface area contributed by atoms with Crippen LogP contribution in [0.2, 0.25) is 0 Å². The molecule has 1 aliphatic heterocycles. The quantitative estimate of drug-likeness (QED) is 0.411. The Morgan fingerprint density at radius 1 is 1.02 bits per heavy atom. The van der Waals surface area contributed by atoms with Crippen LogP contribution in [0.5, 0.6) is 5.75 Å². The van der Waals surface area contributed by atoms with Gasteiger partial charge in [-0.05, 0) is 80.1 Å². The fourth-order valence-corrected chi connectivity index (χ4v) is 5.23. The fourth-order valence-electron chi connectivity index (χ4n) is 4.47. The highest BCUT2D eigenvalue weighted by molar-refractivity contribution is 7.92. The van der Waals surface area contributed by atoms with Crippen LogP contribution < -0.4 is 15.0 Å². The van der Waals surface area contributed by atoms with Gasteiger partial charge in [-0.1, -0.05) is 0 Å². The van der Waals surface area contributed by atoms with Crippen molar-refractivity contribution in [3.8, 4) is 17.0 Å². The fraction of sp³-hybridized carbons (Fsp3) is 0.259. The lowest BCUT2D eigenvalue weighted by Crippen LogP contribution is -2.50. The van der Waals surface area contributed by atoms with Gasteiger partial charge in [0.25, 0.3) is 15.7 Å². The largest absolute Gasteiger partial charge is 0.501 e. The molecule has 1 aromatic heterocycles. The number of aromatic nitrogens is 1. The van der Waals surface area contributed by atoms with Gasteiger partial charge in [-0.3, -0.25) is 19.5 Å². The number of carbonyl (C=O) groups excluding carboxylic acids is 3. The molecule has 0 bridgehead atoms. The second-order valence-corrected chi connectivity index (χ2v) is 11.5. The van der Waals surface area contributed by atoms with Crippen LogP contribution in [0.25, 0.3) is 11.3 Å². The highest BCUT2D eigenvalue weighted by atomic mass is 32.2. The third kappa shape index (κ3) is 5.10. The molecule has 10 nitrogen and oxygen atoms in total. The number of benzene rings is 2. The SMILES string of the molecule is CNC(=O)C(c1ccnc(-c2ccc(OC)cc2)c1)N1C(=O)N(c2ccc(S(=O)(=O)C(F)(F)F)cc2)C(=O)C1(C)C. The zero-order valence-corrected chi connectivity index (χ0v) is 23.1. The van der Waals surface area contributed by atoms with Gasteiger partial charge in [0, 0.05) is 18.8 Å². The average Bonchev–Trinajstić information content (AvgIpc) is 3.11. The Bertz CT molecular complexity index is 1610. The minimum atomic E-state index is -5.64. The minimum Gasteiger partial charge on any atom is -0.497 e. The molecule has 14 heteroatoms. The third-order valence-electron chi connectivity index (χ3n) is 6.67. The summed E-state index contributed by atoms with van der Waals surface area (Å²) in [5, 5.41) is 2.51. The summed E-state index contributed by atoms with van der Waals surface area (Å²) in [6.45, 7) is 2.86. The number of hydrogen-bond donors (Lipinski definition) is 1. The molecule has 3 aromatic rings. The van der Waals surface area contributed by atoms with Gasteiger partial charge in [0.05, 0.1) is 23.4 Å². The van der Waals surface area contributed by atoms with E-state index in [1.54, 1.807) is 30.3 Å². The molecule has 0 radical (unpaired) electrons. The van der Waals surface area contributed by atoms with E-state index in [0.29, 0.717) is 39.6 Å². The van der Waals surface area contributed by atoms with Crippen LogP contribution in [0.15, 0.2) is 71.8 Å². The molecule has 41 heavy (non-hydrogen) atoms. The number of anilines is 1. The molecule has 1 N–H and O–H groups in total. The lowest BCUT2D eigenvalue weighted by molar-refractivity contribution is -0.129. The summed E-state index contributed by atoms with van der Waals surface area (Å²) in [5.41, 5.74) is -5.76. The van der Waals surface area contributed by atoms with Gasteiger partial charge in [0.1, 0.15) is 17.3 Å². The normalized spacial score (nSPS) is 16.1. The van der Waals surface area contributed by atoms with Crippen molar-refractivity contribution in [3.63, 3.8) is 0 Å². The molecule has 216 valence electrons. The number of carbonyl (C=O) groups is 3. The van der Waals surface area contributed by atoms with E-state index in [1.807, 2.05) is 0 Å². The number of nitrogens with zero attached hydrogens (tertiary/aromatic N) is 3. The molecule has 1 unspecified atom stereocenters. The van der Waals surface area contributed by atoms with Crippen molar-refractivity contribution in [2.45, 2.75) is 35.8 Å². The monoisotopic (exact) mass is 590 g/mol. The highest BCUT2D eigenvalue weighted by Crippen LogP contribution is 2.40. The van der Waals surface area contributed by atoms with Crippen molar-refractivity contribution in [2.24, 2.45) is 0 Å². The number of hydrogen-bond acceptors (Lipinski definition) is 7. The van der Waals surface area contributed by atoms with E-state index in [4.69, 9.17) is 4.74 Å². The summed E-state index contributed by atoms with van der Waals surface area (Å²) in [7, 11) is -2.74. The maximum Gasteiger partial charge on any atom is 0.501 e. The molecular weight excluding hydrogens is 565 g/mol. The Kier molecular flexibility index (Phi) is 7.56. The van der Waals surface area contributed by atoms with Crippen molar-refractivity contribution < 1.29 is 40.7 Å². The van der Waals surface area contributed by atoms with E-state index >= 15 is 0 Å². The number of imide groups is 1. The Morgan fingerprint density at radius 3 is 2.17 bits per heavy atom. The molecular formula is C27H25F3N4O6S. The van der Waals surface area contributed by atoms with Crippen LogP contribution in [0.4, 0.5) is 23.7 Å². The second kappa shape index (κ2) is 10.5. The van der Waals surface area contributed by atoms with Crippen LogP contribution in [0.3, 0.4) is 0 Å². The van der Waals surface area contributed by atoms with Gasteiger partial charge in [0.15, 0.2) is 0 Å². The maximum atomic E-state index is 13.8.